The lowest BCUT2D eigenvalue weighted by Crippen LogP contribution is -2.52. The molecule has 5 heterocycles. The monoisotopic (exact) mass is 456 g/mol. The van der Waals surface area contributed by atoms with Crippen LogP contribution in [0.3, 0.4) is 0 Å². The summed E-state index contributed by atoms with van der Waals surface area (Å²) in [6.07, 6.45) is 6.73. The molecular formula is C19H21FN10OS. The van der Waals surface area contributed by atoms with Crippen molar-refractivity contribution in [2.75, 3.05) is 31.1 Å². The predicted molar refractivity (Wildman–Crippen MR) is 116 cm³/mol. The molecular weight excluding hydrogens is 435 g/mol. The summed E-state index contributed by atoms with van der Waals surface area (Å²) in [5.74, 6) is 0.163. The molecule has 0 aromatic carbocycles. The fourth-order valence-electron chi connectivity index (χ4n) is 3.75. The first-order chi connectivity index (χ1) is 15.5. The highest BCUT2D eigenvalue weighted by atomic mass is 32.1. The van der Waals surface area contributed by atoms with Gasteiger partial charge in [-0.25, -0.2) is 38.8 Å². The van der Waals surface area contributed by atoms with Crippen molar-refractivity contribution in [1.82, 2.24) is 39.6 Å². The van der Waals surface area contributed by atoms with Gasteiger partial charge in [0.2, 0.25) is 5.95 Å². The molecule has 32 heavy (non-hydrogen) atoms. The van der Waals surface area contributed by atoms with E-state index in [4.69, 9.17) is 0 Å². The highest BCUT2D eigenvalue weighted by Gasteiger charge is 2.35. The molecule has 1 unspecified atom stereocenters. The zero-order valence-corrected chi connectivity index (χ0v) is 18.4. The number of aryl methyl sites for hydroxylation is 2. The van der Waals surface area contributed by atoms with E-state index in [-0.39, 0.29) is 17.8 Å². The van der Waals surface area contributed by atoms with Crippen molar-refractivity contribution in [1.29, 1.82) is 0 Å². The van der Waals surface area contributed by atoms with E-state index >= 15 is 0 Å². The van der Waals surface area contributed by atoms with Crippen molar-refractivity contribution < 1.29 is 9.18 Å². The molecule has 1 atom stereocenters. The summed E-state index contributed by atoms with van der Waals surface area (Å²) in [4.78, 5) is 34.9. The van der Waals surface area contributed by atoms with Crippen molar-refractivity contribution >= 4 is 29.5 Å². The van der Waals surface area contributed by atoms with Crippen LogP contribution in [-0.4, -0.2) is 78.0 Å². The molecule has 0 radical (unpaired) electrons. The Bertz CT molecular complexity index is 1170. The lowest BCUT2D eigenvalue weighted by molar-refractivity contribution is 0.139. The van der Waals surface area contributed by atoms with Gasteiger partial charge in [0.15, 0.2) is 11.6 Å². The molecule has 13 heteroatoms. The zero-order valence-electron chi connectivity index (χ0n) is 17.6. The summed E-state index contributed by atoms with van der Waals surface area (Å²) in [7, 11) is 1.68. The van der Waals surface area contributed by atoms with Gasteiger partial charge in [0.1, 0.15) is 23.1 Å². The van der Waals surface area contributed by atoms with Gasteiger partial charge in [0.25, 0.3) is 0 Å². The first kappa shape index (κ1) is 20.4. The minimum absolute atomic E-state index is 0.0986. The molecule has 0 saturated carbocycles. The molecule has 166 valence electrons. The molecule has 0 aliphatic carbocycles. The van der Waals surface area contributed by atoms with Crippen LogP contribution in [0.1, 0.15) is 22.3 Å². The van der Waals surface area contributed by atoms with Crippen LogP contribution in [0.5, 0.6) is 0 Å². The molecule has 0 N–H and O–H groups in total. The maximum atomic E-state index is 14.3. The molecule has 1 saturated heterocycles. The SMILES string of the molecule is Cc1cnc(C2CC=NN2C(=O)N2CCN(c3ncc(F)c(-c4ncnn4C)n3)CC2)s1. The van der Waals surface area contributed by atoms with Gasteiger partial charge in [-0.3, -0.25) is 0 Å². The maximum absolute atomic E-state index is 14.3. The Kier molecular flexibility index (Phi) is 5.25. The number of hydrogen-bond donors (Lipinski definition) is 0. The fraction of sp³-hybridized carbons (Fsp3) is 0.421. The molecule has 3 aromatic rings. The van der Waals surface area contributed by atoms with E-state index in [0.717, 1.165) is 16.1 Å². The Balaban J connectivity index is 1.27. The van der Waals surface area contributed by atoms with E-state index in [1.807, 2.05) is 18.0 Å². The summed E-state index contributed by atoms with van der Waals surface area (Å²) < 4.78 is 15.8. The molecule has 0 bridgehead atoms. The van der Waals surface area contributed by atoms with Crippen LogP contribution in [0, 0.1) is 12.7 Å². The maximum Gasteiger partial charge on any atom is 0.341 e. The van der Waals surface area contributed by atoms with Crippen LogP contribution in [-0.2, 0) is 7.05 Å². The Morgan fingerprint density at radius 1 is 1.16 bits per heavy atom. The quantitative estimate of drug-likeness (QED) is 0.592. The molecule has 11 nitrogen and oxygen atoms in total. The van der Waals surface area contributed by atoms with Crippen LogP contribution in [0.25, 0.3) is 11.5 Å². The number of aromatic nitrogens is 6. The number of hydrogen-bond acceptors (Lipinski definition) is 9. The molecule has 5 rings (SSSR count). The fourth-order valence-corrected chi connectivity index (χ4v) is 4.62. The third kappa shape index (κ3) is 3.68. The Hall–Kier alpha value is -3.48. The van der Waals surface area contributed by atoms with E-state index in [9.17, 15) is 9.18 Å². The lowest BCUT2D eigenvalue weighted by Gasteiger charge is -2.36. The number of nitrogens with zero attached hydrogens (tertiary/aromatic N) is 10. The number of piperazine rings is 1. The second kappa shape index (κ2) is 8.22. The van der Waals surface area contributed by atoms with Crippen molar-refractivity contribution in [3.8, 4) is 11.5 Å². The summed E-state index contributed by atoms with van der Waals surface area (Å²) >= 11 is 1.58. The molecule has 1 fully saturated rings. The summed E-state index contributed by atoms with van der Waals surface area (Å²) in [6, 6.07) is -0.301. The van der Waals surface area contributed by atoms with Crippen LogP contribution in [0.4, 0.5) is 15.1 Å². The third-order valence-electron chi connectivity index (χ3n) is 5.44. The van der Waals surface area contributed by atoms with E-state index < -0.39 is 5.82 Å². The summed E-state index contributed by atoms with van der Waals surface area (Å²) in [6.45, 7) is 4.00. The van der Waals surface area contributed by atoms with E-state index in [1.165, 1.54) is 16.0 Å². The molecule has 0 spiro atoms. The average molecular weight is 457 g/mol. The average Bonchev–Trinajstić information content (AvgIpc) is 3.55. The molecule has 3 aromatic heterocycles. The normalized spacial score (nSPS) is 18.6. The van der Waals surface area contributed by atoms with Gasteiger partial charge >= 0.3 is 6.03 Å². The third-order valence-corrected chi connectivity index (χ3v) is 6.45. The topological polar surface area (TPSA) is 109 Å². The van der Waals surface area contributed by atoms with Gasteiger partial charge in [0, 0.05) is 56.9 Å². The van der Waals surface area contributed by atoms with Crippen LogP contribution >= 0.6 is 11.3 Å². The molecule has 2 aliphatic rings. The van der Waals surface area contributed by atoms with Gasteiger partial charge in [-0.1, -0.05) is 0 Å². The number of thiazole rings is 1. The van der Waals surface area contributed by atoms with E-state index in [2.05, 4.69) is 30.1 Å². The minimum Gasteiger partial charge on any atom is -0.337 e. The lowest BCUT2D eigenvalue weighted by atomic mass is 10.2. The second-order valence-corrected chi connectivity index (χ2v) is 8.80. The first-order valence-electron chi connectivity index (χ1n) is 10.2. The zero-order chi connectivity index (χ0) is 22.2. The Morgan fingerprint density at radius 2 is 1.97 bits per heavy atom. The summed E-state index contributed by atoms with van der Waals surface area (Å²) in [5.41, 5.74) is 0.0986. The number of hydrazone groups is 1. The second-order valence-electron chi connectivity index (χ2n) is 7.53. The van der Waals surface area contributed by atoms with Crippen molar-refractivity contribution in [2.24, 2.45) is 12.1 Å². The van der Waals surface area contributed by atoms with Crippen molar-refractivity contribution in [3.63, 3.8) is 0 Å². The standard InChI is InChI=1S/C19H21FN10OS/c1-12-9-21-17(32-12)14-3-4-24-30(14)19(31)29-7-5-28(6-8-29)18-22-10-13(20)15(26-18)16-23-11-25-27(16)2/h4,9-11,14H,3,5-8H2,1-2H3. The first-order valence-corrected chi connectivity index (χ1v) is 11.0. The Morgan fingerprint density at radius 3 is 2.66 bits per heavy atom. The number of carbonyl (C=O) groups excluding carboxylic acids is 1. The van der Waals surface area contributed by atoms with Crippen LogP contribution in [0.2, 0.25) is 0 Å². The molecule has 2 amide bonds. The van der Waals surface area contributed by atoms with Crippen LogP contribution < -0.4 is 4.90 Å². The van der Waals surface area contributed by atoms with Crippen molar-refractivity contribution in [2.45, 2.75) is 19.4 Å². The number of amides is 2. The van der Waals surface area contributed by atoms with Crippen LogP contribution in [0.15, 0.2) is 23.8 Å². The highest BCUT2D eigenvalue weighted by Crippen LogP contribution is 2.32. The Labute approximate surface area is 187 Å². The van der Waals surface area contributed by atoms with Gasteiger partial charge in [-0.05, 0) is 6.92 Å². The number of halogens is 1. The summed E-state index contributed by atoms with van der Waals surface area (Å²) in [5, 5.41) is 10.7. The van der Waals surface area contributed by atoms with Gasteiger partial charge in [-0.15, -0.1) is 11.3 Å². The molecule has 2 aliphatic heterocycles. The van der Waals surface area contributed by atoms with E-state index in [0.29, 0.717) is 44.4 Å². The number of carbonyl (C=O) groups is 1. The number of urea groups is 1. The minimum atomic E-state index is -0.561. The van der Waals surface area contributed by atoms with Gasteiger partial charge < -0.3 is 9.80 Å². The number of anilines is 1. The highest BCUT2D eigenvalue weighted by molar-refractivity contribution is 7.11. The smallest absolute Gasteiger partial charge is 0.337 e. The largest absolute Gasteiger partial charge is 0.341 e. The number of rotatable bonds is 3. The van der Waals surface area contributed by atoms with Gasteiger partial charge in [0.05, 0.1) is 6.20 Å². The van der Waals surface area contributed by atoms with Crippen molar-refractivity contribution in [3.05, 3.63) is 34.4 Å². The predicted octanol–water partition coefficient (Wildman–Crippen LogP) is 1.85. The van der Waals surface area contributed by atoms with Gasteiger partial charge in [-0.2, -0.15) is 10.2 Å². The van der Waals surface area contributed by atoms with E-state index in [1.54, 1.807) is 29.5 Å².